The Hall–Kier alpha value is -1.40. The number of benzene rings is 1. The quantitative estimate of drug-likeness (QED) is 0.919. The van der Waals surface area contributed by atoms with Gasteiger partial charge in [-0.1, -0.05) is 0 Å². The molecule has 0 bridgehead atoms. The number of ether oxygens (including phenoxy) is 2. The Bertz CT molecular complexity index is 677. The summed E-state index contributed by atoms with van der Waals surface area (Å²) >= 11 is 3.46. The van der Waals surface area contributed by atoms with E-state index in [1.807, 2.05) is 6.07 Å². The molecule has 100 valence electrons. The fourth-order valence-corrected chi connectivity index (χ4v) is 2.56. The van der Waals surface area contributed by atoms with Gasteiger partial charge in [0.15, 0.2) is 0 Å². The molecule has 1 aromatic heterocycles. The summed E-state index contributed by atoms with van der Waals surface area (Å²) in [6, 6.07) is 3.53. The van der Waals surface area contributed by atoms with Crippen molar-refractivity contribution < 1.29 is 9.47 Å². The van der Waals surface area contributed by atoms with Crippen molar-refractivity contribution >= 4 is 26.8 Å². The van der Waals surface area contributed by atoms with Gasteiger partial charge in [-0.2, -0.15) is 0 Å². The molecule has 0 aliphatic carbocycles. The van der Waals surface area contributed by atoms with E-state index in [1.54, 1.807) is 13.0 Å². The normalized spacial score (nSPS) is 18.9. The van der Waals surface area contributed by atoms with E-state index in [2.05, 4.69) is 25.9 Å². The van der Waals surface area contributed by atoms with Gasteiger partial charge in [-0.15, -0.1) is 0 Å². The maximum absolute atomic E-state index is 11.9. The van der Waals surface area contributed by atoms with Crippen LogP contribution in [-0.4, -0.2) is 29.3 Å². The summed E-state index contributed by atoms with van der Waals surface area (Å²) in [4.78, 5) is 18.9. The molecule has 1 N–H and O–H groups in total. The lowest BCUT2D eigenvalue weighted by molar-refractivity contribution is 0.141. The summed E-state index contributed by atoms with van der Waals surface area (Å²) in [5, 5.41) is 0.530. The number of aromatic nitrogens is 2. The van der Waals surface area contributed by atoms with Crippen LogP contribution in [0.4, 0.5) is 0 Å². The van der Waals surface area contributed by atoms with Crippen LogP contribution in [0.15, 0.2) is 21.4 Å². The van der Waals surface area contributed by atoms with Gasteiger partial charge in [0.2, 0.25) is 0 Å². The van der Waals surface area contributed by atoms with Gasteiger partial charge in [-0.3, -0.25) is 4.79 Å². The molecule has 1 atom stereocenters. The number of aryl methyl sites for hydroxylation is 1. The van der Waals surface area contributed by atoms with E-state index in [0.717, 1.165) is 17.5 Å². The van der Waals surface area contributed by atoms with Crippen LogP contribution in [0.25, 0.3) is 10.9 Å². The van der Waals surface area contributed by atoms with Crippen LogP contribution in [0, 0.1) is 6.92 Å². The van der Waals surface area contributed by atoms with Crippen molar-refractivity contribution in [1.29, 1.82) is 0 Å². The molecule has 1 aliphatic rings. The third-order valence-electron chi connectivity index (χ3n) is 3.06. The number of hydrogen-bond acceptors (Lipinski definition) is 4. The zero-order valence-electron chi connectivity index (χ0n) is 10.4. The zero-order chi connectivity index (χ0) is 13.4. The highest BCUT2D eigenvalue weighted by Gasteiger charge is 2.19. The number of fused-ring (bicyclic) bond motifs is 1. The molecule has 1 unspecified atom stereocenters. The molecule has 5 nitrogen and oxygen atoms in total. The molecule has 0 saturated carbocycles. The van der Waals surface area contributed by atoms with E-state index in [1.165, 1.54) is 0 Å². The van der Waals surface area contributed by atoms with Crippen LogP contribution in [-0.2, 0) is 4.74 Å². The molecule has 6 heteroatoms. The Balaban J connectivity index is 2.05. The highest BCUT2D eigenvalue weighted by atomic mass is 79.9. The van der Waals surface area contributed by atoms with Gasteiger partial charge in [-0.25, -0.2) is 4.98 Å². The van der Waals surface area contributed by atoms with E-state index in [0.29, 0.717) is 29.1 Å². The fourth-order valence-electron chi connectivity index (χ4n) is 2.13. The molecule has 0 spiro atoms. The monoisotopic (exact) mass is 324 g/mol. The molecule has 1 aromatic carbocycles. The van der Waals surface area contributed by atoms with E-state index in [-0.39, 0.29) is 11.7 Å². The molecule has 0 amide bonds. The van der Waals surface area contributed by atoms with Crippen molar-refractivity contribution in [2.75, 3.05) is 13.2 Å². The largest absolute Gasteiger partial charge is 0.487 e. The number of nitrogens with zero attached hydrogens (tertiary/aromatic N) is 1. The van der Waals surface area contributed by atoms with Crippen LogP contribution in [0.2, 0.25) is 0 Å². The van der Waals surface area contributed by atoms with Gasteiger partial charge >= 0.3 is 0 Å². The van der Waals surface area contributed by atoms with Crippen LogP contribution in [0.5, 0.6) is 5.75 Å². The lowest BCUT2D eigenvalue weighted by atomic mass is 10.2. The summed E-state index contributed by atoms with van der Waals surface area (Å²) in [7, 11) is 0. The van der Waals surface area contributed by atoms with E-state index >= 15 is 0 Å². The number of halogens is 1. The molecule has 1 aliphatic heterocycles. The summed E-state index contributed by atoms with van der Waals surface area (Å²) in [5.41, 5.74) is 0.505. The summed E-state index contributed by atoms with van der Waals surface area (Å²) in [6.07, 6.45) is 0.915. The Morgan fingerprint density at radius 3 is 3.11 bits per heavy atom. The van der Waals surface area contributed by atoms with Crippen molar-refractivity contribution in [3.8, 4) is 5.75 Å². The smallest absolute Gasteiger partial charge is 0.258 e. The van der Waals surface area contributed by atoms with Crippen molar-refractivity contribution in [2.45, 2.75) is 19.4 Å². The molecule has 1 saturated heterocycles. The first-order chi connectivity index (χ1) is 9.13. The van der Waals surface area contributed by atoms with Gasteiger partial charge in [0.05, 0.1) is 28.6 Å². The molecular weight excluding hydrogens is 312 g/mol. The number of hydrogen-bond donors (Lipinski definition) is 1. The zero-order valence-corrected chi connectivity index (χ0v) is 12.0. The highest BCUT2D eigenvalue weighted by molar-refractivity contribution is 9.10. The minimum absolute atomic E-state index is 0.0474. The molecule has 19 heavy (non-hydrogen) atoms. The second kappa shape index (κ2) is 4.94. The first-order valence-electron chi connectivity index (χ1n) is 6.08. The lowest BCUT2D eigenvalue weighted by Gasteiger charge is -2.13. The SMILES string of the molecule is Cc1nc2cc(Br)c(OC3CCOC3)cc2c(=O)[nH]1. The molecule has 1 fully saturated rings. The fraction of sp³-hybridized carbons (Fsp3) is 0.385. The first-order valence-corrected chi connectivity index (χ1v) is 6.87. The maximum atomic E-state index is 11.9. The van der Waals surface area contributed by atoms with Crippen molar-refractivity contribution in [3.05, 3.63) is 32.8 Å². The van der Waals surface area contributed by atoms with Gasteiger partial charge < -0.3 is 14.5 Å². The third kappa shape index (κ3) is 2.50. The predicted molar refractivity (Wildman–Crippen MR) is 74.7 cm³/mol. The van der Waals surface area contributed by atoms with Crippen molar-refractivity contribution in [1.82, 2.24) is 9.97 Å². The second-order valence-electron chi connectivity index (χ2n) is 4.55. The van der Waals surface area contributed by atoms with Crippen LogP contribution in [0.3, 0.4) is 0 Å². The Morgan fingerprint density at radius 2 is 2.37 bits per heavy atom. The highest BCUT2D eigenvalue weighted by Crippen LogP contribution is 2.30. The van der Waals surface area contributed by atoms with Gasteiger partial charge in [0.25, 0.3) is 5.56 Å². The number of H-pyrrole nitrogens is 1. The molecule has 3 rings (SSSR count). The number of rotatable bonds is 2. The average Bonchev–Trinajstić information content (AvgIpc) is 2.83. The topological polar surface area (TPSA) is 64.2 Å². The van der Waals surface area contributed by atoms with Gasteiger partial charge in [0.1, 0.15) is 17.7 Å². The summed E-state index contributed by atoms with van der Waals surface area (Å²) in [6.45, 7) is 3.07. The molecule has 2 heterocycles. The lowest BCUT2D eigenvalue weighted by Crippen LogP contribution is -2.16. The Kier molecular flexibility index (Phi) is 3.28. The summed E-state index contributed by atoms with van der Waals surface area (Å²) < 4.78 is 11.9. The second-order valence-corrected chi connectivity index (χ2v) is 5.41. The molecule has 0 radical (unpaired) electrons. The van der Waals surface area contributed by atoms with Crippen molar-refractivity contribution in [2.24, 2.45) is 0 Å². The average molecular weight is 325 g/mol. The van der Waals surface area contributed by atoms with Gasteiger partial charge in [-0.05, 0) is 35.0 Å². The Morgan fingerprint density at radius 1 is 1.53 bits per heavy atom. The van der Waals surface area contributed by atoms with E-state index < -0.39 is 0 Å². The van der Waals surface area contributed by atoms with Crippen LogP contribution in [0.1, 0.15) is 12.2 Å². The predicted octanol–water partition coefficient (Wildman–Crippen LogP) is 2.16. The van der Waals surface area contributed by atoms with Gasteiger partial charge in [0, 0.05) is 6.42 Å². The van der Waals surface area contributed by atoms with E-state index in [4.69, 9.17) is 9.47 Å². The third-order valence-corrected chi connectivity index (χ3v) is 3.68. The molecule has 2 aromatic rings. The maximum Gasteiger partial charge on any atom is 0.258 e. The molecular formula is C13H13BrN2O3. The van der Waals surface area contributed by atoms with Crippen LogP contribution >= 0.6 is 15.9 Å². The van der Waals surface area contributed by atoms with E-state index in [9.17, 15) is 4.79 Å². The minimum atomic E-state index is -0.150. The number of nitrogens with one attached hydrogen (secondary N) is 1. The Labute approximate surface area is 118 Å². The first kappa shape index (κ1) is 12.6. The van der Waals surface area contributed by atoms with Crippen LogP contribution < -0.4 is 10.3 Å². The number of aromatic amines is 1. The summed E-state index contributed by atoms with van der Waals surface area (Å²) in [5.74, 6) is 1.25. The standard InChI is InChI=1S/C13H13BrN2O3/c1-7-15-11-5-10(14)12(4-9(11)13(17)16-7)19-8-2-3-18-6-8/h4-5,8H,2-3,6H2,1H3,(H,15,16,17). The minimum Gasteiger partial charge on any atom is -0.487 e. The van der Waals surface area contributed by atoms with Crippen molar-refractivity contribution in [3.63, 3.8) is 0 Å².